The van der Waals surface area contributed by atoms with Gasteiger partial charge in [-0.2, -0.15) is 0 Å². The second-order valence-electron chi connectivity index (χ2n) is 25.9. The maximum atomic E-state index is 13.1. The molecule has 508 valence electrons. The number of quaternary nitrogens is 1. The summed E-state index contributed by atoms with van der Waals surface area (Å²) in [7, 11) is 1.55. The van der Waals surface area contributed by atoms with Crippen LogP contribution in [0.4, 0.5) is 0 Å². The number of nitrogens with one attached hydrogen (secondary N) is 1. The van der Waals surface area contributed by atoms with Crippen molar-refractivity contribution in [2.45, 2.75) is 334 Å². The van der Waals surface area contributed by atoms with E-state index in [0.717, 1.165) is 89.9 Å². The minimum atomic E-state index is -4.37. The third kappa shape index (κ3) is 70.4. The average molecular weight is 1250 g/mol. The fourth-order valence-corrected chi connectivity index (χ4v) is 11.2. The van der Waals surface area contributed by atoms with Crippen molar-refractivity contribution in [3.63, 3.8) is 0 Å². The summed E-state index contributed by atoms with van der Waals surface area (Å²) in [5.74, 6) is -0.188. The van der Waals surface area contributed by atoms with Crippen molar-refractivity contribution in [3.05, 3.63) is 122 Å². The molecule has 9 heteroatoms. The highest BCUT2D eigenvalue weighted by Gasteiger charge is 2.28. The molecule has 0 aromatic heterocycles. The number of rotatable bonds is 67. The van der Waals surface area contributed by atoms with Gasteiger partial charge in [-0.05, 0) is 96.3 Å². The molecule has 3 unspecified atom stereocenters. The molecular weight excluding hydrogens is 1100 g/mol. The Kier molecular flexibility index (Phi) is 65.9. The van der Waals surface area contributed by atoms with Gasteiger partial charge in [-0.3, -0.25) is 13.8 Å². The molecule has 0 aromatic rings. The minimum Gasteiger partial charge on any atom is -0.387 e. The van der Waals surface area contributed by atoms with Crippen LogP contribution in [0.25, 0.3) is 0 Å². The fourth-order valence-electron chi connectivity index (χ4n) is 10.5. The van der Waals surface area contributed by atoms with E-state index in [9.17, 15) is 19.4 Å². The zero-order valence-corrected chi connectivity index (χ0v) is 59.1. The first-order chi connectivity index (χ1) is 43.0. The van der Waals surface area contributed by atoms with Gasteiger partial charge in [-0.25, -0.2) is 4.57 Å². The van der Waals surface area contributed by atoms with Crippen LogP contribution in [0.15, 0.2) is 122 Å². The summed E-state index contributed by atoms with van der Waals surface area (Å²) in [6.45, 7) is 4.71. The molecule has 88 heavy (non-hydrogen) atoms. The first kappa shape index (κ1) is 84.9. The molecule has 0 aliphatic heterocycles. The van der Waals surface area contributed by atoms with Gasteiger partial charge in [0.2, 0.25) is 5.91 Å². The molecule has 3 atom stereocenters. The van der Waals surface area contributed by atoms with Crippen molar-refractivity contribution < 1.29 is 32.9 Å². The third-order valence-corrected chi connectivity index (χ3v) is 17.1. The number of aliphatic hydroxyl groups is 1. The van der Waals surface area contributed by atoms with E-state index >= 15 is 0 Å². The van der Waals surface area contributed by atoms with Crippen molar-refractivity contribution in [3.8, 4) is 0 Å². The Morgan fingerprint density at radius 3 is 1.05 bits per heavy atom. The molecule has 8 nitrogen and oxygen atoms in total. The van der Waals surface area contributed by atoms with Crippen LogP contribution in [0, 0.1) is 0 Å². The summed E-state index contributed by atoms with van der Waals surface area (Å²) in [6.07, 6.45) is 102. The number of nitrogens with zero attached hydrogens (tertiary/aromatic N) is 1. The van der Waals surface area contributed by atoms with E-state index in [2.05, 4.69) is 129 Å². The van der Waals surface area contributed by atoms with E-state index in [1.165, 1.54) is 212 Å². The Hall–Kier alpha value is -3.10. The van der Waals surface area contributed by atoms with Gasteiger partial charge in [0.15, 0.2) is 0 Å². The quantitative estimate of drug-likeness (QED) is 0.0243. The van der Waals surface area contributed by atoms with Gasteiger partial charge in [0.1, 0.15) is 13.2 Å². The number of carbonyl (C=O) groups is 1. The maximum Gasteiger partial charge on any atom is 0.472 e. The van der Waals surface area contributed by atoms with Crippen molar-refractivity contribution in [1.29, 1.82) is 0 Å². The van der Waals surface area contributed by atoms with Gasteiger partial charge in [-0.1, -0.05) is 341 Å². The van der Waals surface area contributed by atoms with Crippen LogP contribution in [-0.2, 0) is 18.4 Å². The largest absolute Gasteiger partial charge is 0.472 e. The molecule has 0 heterocycles. The molecule has 0 saturated heterocycles. The number of phosphoric acid groups is 1. The van der Waals surface area contributed by atoms with Crippen LogP contribution in [-0.4, -0.2) is 73.4 Å². The maximum absolute atomic E-state index is 13.1. The average Bonchev–Trinajstić information content (AvgIpc) is 3.70. The van der Waals surface area contributed by atoms with Gasteiger partial charge in [0.05, 0.1) is 39.9 Å². The number of unbranched alkanes of at least 4 members (excludes halogenated alkanes) is 36. The number of hydrogen-bond acceptors (Lipinski definition) is 5. The molecule has 0 rings (SSSR count). The molecule has 0 aromatic carbocycles. The number of hydrogen-bond donors (Lipinski definition) is 3. The molecular formula is C79H142N2O6P+. The smallest absolute Gasteiger partial charge is 0.387 e. The molecule has 0 saturated carbocycles. The van der Waals surface area contributed by atoms with Crippen LogP contribution in [0.2, 0.25) is 0 Å². The number of phosphoric ester groups is 1. The van der Waals surface area contributed by atoms with E-state index in [4.69, 9.17) is 9.05 Å². The molecule has 3 N–H and O–H groups in total. The van der Waals surface area contributed by atoms with Crippen LogP contribution >= 0.6 is 7.82 Å². The third-order valence-electron chi connectivity index (χ3n) is 16.2. The Balaban J connectivity index is 4.09. The van der Waals surface area contributed by atoms with Gasteiger partial charge in [0, 0.05) is 6.42 Å². The first-order valence-corrected chi connectivity index (χ1v) is 38.4. The summed E-state index contributed by atoms with van der Waals surface area (Å²) in [6, 6.07) is -0.872. The highest BCUT2D eigenvalue weighted by atomic mass is 31.2. The lowest BCUT2D eigenvalue weighted by Gasteiger charge is -2.25. The highest BCUT2D eigenvalue weighted by Crippen LogP contribution is 2.43. The van der Waals surface area contributed by atoms with Gasteiger partial charge < -0.3 is 19.8 Å². The van der Waals surface area contributed by atoms with Crippen molar-refractivity contribution >= 4 is 13.7 Å². The highest BCUT2D eigenvalue weighted by molar-refractivity contribution is 7.47. The van der Waals surface area contributed by atoms with Crippen molar-refractivity contribution in [1.82, 2.24) is 5.32 Å². The number of allylic oxidation sites excluding steroid dienone is 19. The van der Waals surface area contributed by atoms with Gasteiger partial charge in [-0.15, -0.1) is 0 Å². The Morgan fingerprint density at radius 2 is 0.693 bits per heavy atom. The summed E-state index contributed by atoms with van der Waals surface area (Å²) >= 11 is 0. The molecule has 0 aliphatic rings. The van der Waals surface area contributed by atoms with E-state index in [0.29, 0.717) is 17.4 Å². The van der Waals surface area contributed by atoms with Gasteiger partial charge >= 0.3 is 7.82 Å². The van der Waals surface area contributed by atoms with E-state index in [1.54, 1.807) is 6.08 Å². The second kappa shape index (κ2) is 68.3. The molecule has 0 radical (unpaired) electrons. The number of likely N-dealkylation sites (N-methyl/N-ethyl adjacent to an activating group) is 1. The summed E-state index contributed by atoms with van der Waals surface area (Å²) < 4.78 is 23.8. The lowest BCUT2D eigenvalue weighted by molar-refractivity contribution is -0.870. The van der Waals surface area contributed by atoms with E-state index in [1.807, 2.05) is 27.2 Å². The van der Waals surface area contributed by atoms with E-state index < -0.39 is 20.0 Å². The lowest BCUT2D eigenvalue weighted by Crippen LogP contribution is -2.45. The number of aliphatic hydroxyl groups excluding tert-OH is 1. The van der Waals surface area contributed by atoms with Gasteiger partial charge in [0.25, 0.3) is 0 Å². The molecule has 0 aliphatic carbocycles. The van der Waals surface area contributed by atoms with Crippen LogP contribution < -0.4 is 5.32 Å². The van der Waals surface area contributed by atoms with Crippen LogP contribution in [0.5, 0.6) is 0 Å². The minimum absolute atomic E-state index is 0.0523. The van der Waals surface area contributed by atoms with Crippen molar-refractivity contribution in [2.75, 3.05) is 40.9 Å². The Bertz CT molecular complexity index is 1850. The SMILES string of the molecule is CC/C=C\C/C=C\C/C=C\C/C=C\C/C=C\C/C=C\C/C=C\C/C=C\CCCCCCCCCCCCCCCCC(=O)NC(COP(=O)(O)OCC[N+](C)(C)C)C(O)/C=C/CC/C=C/CCCCCCCCCCCCCCCCCCCCCCC. The summed E-state index contributed by atoms with van der Waals surface area (Å²) in [5.41, 5.74) is 0. The Morgan fingerprint density at radius 1 is 0.398 bits per heavy atom. The zero-order chi connectivity index (χ0) is 64.1. The Labute approximate surface area is 545 Å². The molecule has 0 bridgehead atoms. The molecule has 0 spiro atoms. The lowest BCUT2D eigenvalue weighted by atomic mass is 10.0. The normalized spacial score (nSPS) is 14.3. The standard InChI is InChI=1S/C79H141N2O6P/c1-6-8-10-12-14-16-18-20-22-24-26-28-30-32-34-35-36-37-38-39-40-41-42-43-44-45-47-49-51-53-55-57-59-61-63-65-67-69-71-73-79(83)80-77(76-87-88(84,85)86-75-74-81(3,4)5)78(82)72-70-68-66-64-62-60-58-56-54-52-50-48-46-33-31-29-27-25-23-21-19-17-15-13-11-9-7-2/h8,10,14,16,20,22,26,28,32,34,36-37,39-40,42-43,62,64,70,72,77-78,82H,6-7,9,11-13,15,17-19,21,23-25,27,29-31,33,35,38,41,44-61,63,65-69,71,73-76H2,1-5H3,(H-,80,83,84,85)/p+1/b10-8-,16-14-,22-20-,28-26-,34-32-,37-36-,40-39-,43-42-,64-62+,72-70+. The predicted octanol–water partition coefficient (Wildman–Crippen LogP) is 24.0. The second-order valence-corrected chi connectivity index (χ2v) is 27.4. The predicted molar refractivity (Wildman–Crippen MR) is 387 cm³/mol. The van der Waals surface area contributed by atoms with E-state index in [-0.39, 0.29) is 19.1 Å². The monoisotopic (exact) mass is 1250 g/mol. The summed E-state index contributed by atoms with van der Waals surface area (Å²) in [5, 5.41) is 14.0. The molecule has 0 fully saturated rings. The topological polar surface area (TPSA) is 105 Å². The first-order valence-electron chi connectivity index (χ1n) is 36.9. The van der Waals surface area contributed by atoms with Crippen molar-refractivity contribution in [2.24, 2.45) is 0 Å². The zero-order valence-electron chi connectivity index (χ0n) is 58.2. The fraction of sp³-hybridized carbons (Fsp3) is 0.734. The summed E-state index contributed by atoms with van der Waals surface area (Å²) in [4.78, 5) is 23.4. The van der Waals surface area contributed by atoms with Crippen LogP contribution in [0.1, 0.15) is 322 Å². The number of carbonyl (C=O) groups excluding carboxylic acids is 1. The molecule has 1 amide bonds. The number of amides is 1. The van der Waals surface area contributed by atoms with Crippen LogP contribution in [0.3, 0.4) is 0 Å².